The molecule has 1 aromatic heterocycles. The van der Waals surface area contributed by atoms with E-state index in [2.05, 4.69) is 9.71 Å². The first-order valence-corrected chi connectivity index (χ1v) is 8.27. The van der Waals surface area contributed by atoms with E-state index in [-0.39, 0.29) is 11.4 Å². The van der Waals surface area contributed by atoms with Crippen molar-refractivity contribution in [3.8, 4) is 0 Å². The Balaban J connectivity index is 2.27. The van der Waals surface area contributed by atoms with Gasteiger partial charge in [-0.3, -0.25) is 0 Å². The van der Waals surface area contributed by atoms with Crippen molar-refractivity contribution < 1.29 is 12.8 Å². The van der Waals surface area contributed by atoms with Gasteiger partial charge in [-0.05, 0) is 44.0 Å². The molecule has 108 valence electrons. The second-order valence-electron chi connectivity index (χ2n) is 4.56. The maximum Gasteiger partial charge on any atom is 0.241 e. The van der Waals surface area contributed by atoms with Crippen molar-refractivity contribution in [2.24, 2.45) is 0 Å². The summed E-state index contributed by atoms with van der Waals surface area (Å²) in [5.41, 5.74) is 0.788. The predicted molar refractivity (Wildman–Crippen MR) is 76.8 cm³/mol. The Kier molecular flexibility index (Phi) is 4.22. The van der Waals surface area contributed by atoms with E-state index in [4.69, 9.17) is 0 Å². The van der Waals surface area contributed by atoms with E-state index in [9.17, 15) is 12.8 Å². The summed E-state index contributed by atoms with van der Waals surface area (Å²) < 4.78 is 40.3. The molecule has 4 nitrogen and oxygen atoms in total. The van der Waals surface area contributed by atoms with E-state index in [0.29, 0.717) is 16.1 Å². The van der Waals surface area contributed by atoms with Crippen LogP contribution < -0.4 is 4.72 Å². The van der Waals surface area contributed by atoms with Gasteiger partial charge in [-0.25, -0.2) is 22.5 Å². The highest BCUT2D eigenvalue weighted by Gasteiger charge is 2.20. The zero-order chi connectivity index (χ0) is 14.9. The van der Waals surface area contributed by atoms with Crippen LogP contribution in [-0.2, 0) is 16.6 Å². The van der Waals surface area contributed by atoms with Crippen LogP contribution >= 0.6 is 11.3 Å². The van der Waals surface area contributed by atoms with E-state index < -0.39 is 15.8 Å². The lowest BCUT2D eigenvalue weighted by Gasteiger charge is -2.11. The minimum Gasteiger partial charge on any atom is -0.248 e. The highest BCUT2D eigenvalue weighted by atomic mass is 32.2. The summed E-state index contributed by atoms with van der Waals surface area (Å²) in [6, 6.07) is 2.43. The van der Waals surface area contributed by atoms with Crippen LogP contribution in [0.5, 0.6) is 0 Å². The number of aryl methyl sites for hydroxylation is 3. The van der Waals surface area contributed by atoms with Gasteiger partial charge in [-0.1, -0.05) is 0 Å². The summed E-state index contributed by atoms with van der Waals surface area (Å²) in [5.74, 6) is -0.436. The van der Waals surface area contributed by atoms with Crippen molar-refractivity contribution in [1.82, 2.24) is 9.71 Å². The van der Waals surface area contributed by atoms with Crippen molar-refractivity contribution >= 4 is 21.4 Å². The zero-order valence-corrected chi connectivity index (χ0v) is 13.0. The lowest BCUT2D eigenvalue weighted by Crippen LogP contribution is -2.24. The lowest BCUT2D eigenvalue weighted by molar-refractivity contribution is 0.578. The van der Waals surface area contributed by atoms with Crippen LogP contribution in [0.4, 0.5) is 4.39 Å². The Hall–Kier alpha value is -1.31. The van der Waals surface area contributed by atoms with Gasteiger partial charge in [0.15, 0.2) is 0 Å². The van der Waals surface area contributed by atoms with Gasteiger partial charge in [-0.15, -0.1) is 11.3 Å². The highest BCUT2D eigenvalue weighted by Crippen LogP contribution is 2.21. The molecule has 0 aliphatic carbocycles. The SMILES string of the molecule is Cc1cnc(CNS(=O)(=O)c2c(C)cc(F)cc2C)s1. The minimum atomic E-state index is -3.68. The number of nitrogens with one attached hydrogen (secondary N) is 1. The van der Waals surface area contributed by atoms with Crippen molar-refractivity contribution in [1.29, 1.82) is 0 Å². The van der Waals surface area contributed by atoms with Crippen LogP contribution in [-0.4, -0.2) is 13.4 Å². The molecule has 2 rings (SSSR count). The Labute approximate surface area is 121 Å². The molecule has 0 bridgehead atoms. The number of hydrogen-bond acceptors (Lipinski definition) is 4. The van der Waals surface area contributed by atoms with E-state index in [1.54, 1.807) is 20.0 Å². The zero-order valence-electron chi connectivity index (χ0n) is 11.4. The van der Waals surface area contributed by atoms with Gasteiger partial charge >= 0.3 is 0 Å². The van der Waals surface area contributed by atoms with Gasteiger partial charge in [0.2, 0.25) is 10.0 Å². The number of nitrogens with zero attached hydrogens (tertiary/aromatic N) is 1. The van der Waals surface area contributed by atoms with Crippen molar-refractivity contribution in [2.45, 2.75) is 32.2 Å². The normalized spacial score (nSPS) is 11.8. The lowest BCUT2D eigenvalue weighted by atomic mass is 10.1. The monoisotopic (exact) mass is 314 g/mol. The maximum atomic E-state index is 13.2. The smallest absolute Gasteiger partial charge is 0.241 e. The van der Waals surface area contributed by atoms with Crippen LogP contribution in [0.15, 0.2) is 23.2 Å². The van der Waals surface area contributed by atoms with Gasteiger partial charge < -0.3 is 0 Å². The Morgan fingerprint density at radius 1 is 1.25 bits per heavy atom. The van der Waals surface area contributed by atoms with Crippen LogP contribution in [0.3, 0.4) is 0 Å². The fraction of sp³-hybridized carbons (Fsp3) is 0.308. The number of aromatic nitrogens is 1. The summed E-state index contributed by atoms with van der Waals surface area (Å²) in [6.45, 7) is 5.21. The van der Waals surface area contributed by atoms with Crippen LogP contribution in [0, 0.1) is 26.6 Å². The quantitative estimate of drug-likeness (QED) is 0.944. The first kappa shape index (κ1) is 15.1. The van der Waals surface area contributed by atoms with Gasteiger partial charge in [0.1, 0.15) is 10.8 Å². The van der Waals surface area contributed by atoms with E-state index in [1.165, 1.54) is 23.5 Å². The number of thiazole rings is 1. The summed E-state index contributed by atoms with van der Waals surface area (Å²) in [7, 11) is -3.68. The first-order valence-electron chi connectivity index (χ1n) is 5.97. The molecule has 7 heteroatoms. The second kappa shape index (κ2) is 5.59. The summed E-state index contributed by atoms with van der Waals surface area (Å²) >= 11 is 1.44. The van der Waals surface area contributed by atoms with Crippen LogP contribution in [0.1, 0.15) is 21.0 Å². The van der Waals surface area contributed by atoms with Gasteiger partial charge in [-0.2, -0.15) is 0 Å². The molecule has 0 atom stereocenters. The Morgan fingerprint density at radius 3 is 2.35 bits per heavy atom. The maximum absolute atomic E-state index is 13.2. The molecular formula is C13H15FN2O2S2. The molecule has 2 aromatic rings. The molecule has 0 spiro atoms. The van der Waals surface area contributed by atoms with Crippen molar-refractivity contribution in [3.05, 3.63) is 45.2 Å². The Bertz CT molecular complexity index is 716. The van der Waals surface area contributed by atoms with E-state index >= 15 is 0 Å². The van der Waals surface area contributed by atoms with E-state index in [1.807, 2.05) is 6.92 Å². The standard InChI is InChI=1S/C13H15FN2O2S2/c1-8-4-11(14)5-9(2)13(8)20(17,18)16-7-12-15-6-10(3)19-12/h4-6,16H,7H2,1-3H3. The fourth-order valence-electron chi connectivity index (χ4n) is 2.03. The molecule has 0 saturated heterocycles. The van der Waals surface area contributed by atoms with E-state index in [0.717, 1.165) is 4.88 Å². The van der Waals surface area contributed by atoms with Gasteiger partial charge in [0.05, 0.1) is 11.4 Å². The highest BCUT2D eigenvalue weighted by molar-refractivity contribution is 7.89. The van der Waals surface area contributed by atoms with Crippen molar-refractivity contribution in [2.75, 3.05) is 0 Å². The molecule has 1 N–H and O–H groups in total. The fourth-order valence-corrected chi connectivity index (χ4v) is 4.29. The predicted octanol–water partition coefficient (Wildman–Crippen LogP) is 2.69. The third kappa shape index (κ3) is 3.23. The molecule has 0 unspecified atom stereocenters. The van der Waals surface area contributed by atoms with Crippen LogP contribution in [0.2, 0.25) is 0 Å². The summed E-state index contributed by atoms with van der Waals surface area (Å²) in [5, 5.41) is 0.698. The number of rotatable bonds is 4. The summed E-state index contributed by atoms with van der Waals surface area (Å²) in [6.07, 6.45) is 1.70. The number of hydrogen-bond donors (Lipinski definition) is 1. The molecule has 0 aliphatic rings. The average molecular weight is 314 g/mol. The third-order valence-corrected chi connectivity index (χ3v) is 5.39. The van der Waals surface area contributed by atoms with Gasteiger partial charge in [0.25, 0.3) is 0 Å². The number of sulfonamides is 1. The molecule has 0 aliphatic heterocycles. The second-order valence-corrected chi connectivity index (χ2v) is 7.58. The molecule has 0 radical (unpaired) electrons. The largest absolute Gasteiger partial charge is 0.248 e. The summed E-state index contributed by atoms with van der Waals surface area (Å²) in [4.78, 5) is 5.26. The molecule has 0 amide bonds. The molecule has 0 fully saturated rings. The van der Waals surface area contributed by atoms with Crippen LogP contribution in [0.25, 0.3) is 0 Å². The first-order chi connectivity index (χ1) is 9.29. The molecule has 1 aromatic carbocycles. The Morgan fingerprint density at radius 2 is 1.85 bits per heavy atom. The third-order valence-electron chi connectivity index (χ3n) is 2.78. The molecule has 20 heavy (non-hydrogen) atoms. The van der Waals surface area contributed by atoms with Crippen molar-refractivity contribution in [3.63, 3.8) is 0 Å². The molecule has 0 saturated carbocycles. The average Bonchev–Trinajstić information content (AvgIpc) is 2.71. The number of halogens is 1. The minimum absolute atomic E-state index is 0.132. The molecular weight excluding hydrogens is 299 g/mol. The van der Waals surface area contributed by atoms with Gasteiger partial charge in [0, 0.05) is 11.1 Å². The molecule has 1 heterocycles. The number of benzene rings is 1. The topological polar surface area (TPSA) is 59.1 Å².